The van der Waals surface area contributed by atoms with Crippen molar-refractivity contribution < 1.29 is 13.2 Å². The van der Waals surface area contributed by atoms with E-state index in [0.29, 0.717) is 29.6 Å². The van der Waals surface area contributed by atoms with E-state index >= 15 is 0 Å². The molecule has 35 heavy (non-hydrogen) atoms. The monoisotopic (exact) mass is 509 g/mol. The Morgan fingerprint density at radius 1 is 1.00 bits per heavy atom. The zero-order chi connectivity index (χ0) is 24.7. The molecule has 10 heteroatoms. The topological polar surface area (TPSA) is 97.2 Å². The molecule has 1 fully saturated rings. The van der Waals surface area contributed by atoms with Gasteiger partial charge in [-0.1, -0.05) is 23.8 Å². The molecule has 2 aromatic heterocycles. The molecule has 1 saturated heterocycles. The van der Waals surface area contributed by atoms with E-state index in [-0.39, 0.29) is 10.8 Å². The molecular formula is C25H27N5O3S2. The highest BCUT2D eigenvalue weighted by Crippen LogP contribution is 2.30. The number of anilines is 1. The van der Waals surface area contributed by atoms with Crippen LogP contribution in [0.4, 0.5) is 5.82 Å². The van der Waals surface area contributed by atoms with E-state index in [1.807, 2.05) is 13.8 Å². The first-order valence-corrected chi connectivity index (χ1v) is 13.8. The van der Waals surface area contributed by atoms with Crippen molar-refractivity contribution in [2.45, 2.75) is 44.9 Å². The van der Waals surface area contributed by atoms with Crippen molar-refractivity contribution in [2.24, 2.45) is 0 Å². The van der Waals surface area contributed by atoms with Gasteiger partial charge in [-0.3, -0.25) is 4.79 Å². The lowest BCUT2D eigenvalue weighted by molar-refractivity contribution is 0.102. The van der Waals surface area contributed by atoms with E-state index in [1.54, 1.807) is 22.9 Å². The van der Waals surface area contributed by atoms with E-state index in [4.69, 9.17) is 4.98 Å². The molecule has 1 aliphatic rings. The second-order valence-corrected chi connectivity index (χ2v) is 11.9. The highest BCUT2D eigenvalue weighted by atomic mass is 32.2. The lowest BCUT2D eigenvalue weighted by Gasteiger charge is -2.25. The molecule has 0 bridgehead atoms. The Morgan fingerprint density at radius 3 is 2.43 bits per heavy atom. The van der Waals surface area contributed by atoms with Crippen molar-refractivity contribution >= 4 is 43.3 Å². The number of amides is 1. The third-order valence-corrected chi connectivity index (χ3v) is 9.03. The largest absolute Gasteiger partial charge is 0.306 e. The molecule has 0 saturated carbocycles. The number of nitrogens with one attached hydrogen (secondary N) is 1. The number of aryl methyl sites for hydroxylation is 3. The molecular weight excluding hydrogens is 482 g/mol. The van der Waals surface area contributed by atoms with Gasteiger partial charge in [0.15, 0.2) is 0 Å². The maximum atomic E-state index is 13.0. The molecule has 1 amide bonds. The van der Waals surface area contributed by atoms with Crippen LogP contribution in [-0.4, -0.2) is 46.5 Å². The Labute approximate surface area is 208 Å². The number of hydrogen-bond acceptors (Lipinski definition) is 6. The van der Waals surface area contributed by atoms with Crippen LogP contribution in [0.1, 0.15) is 46.4 Å². The van der Waals surface area contributed by atoms with Crippen molar-refractivity contribution in [3.8, 4) is 5.13 Å². The number of nitrogens with zero attached hydrogens (tertiary/aromatic N) is 4. The number of hydrogen-bond donors (Lipinski definition) is 1. The molecule has 0 spiro atoms. The third-order valence-electron chi connectivity index (χ3n) is 6.14. The Kier molecular flexibility index (Phi) is 6.20. The van der Waals surface area contributed by atoms with Gasteiger partial charge < -0.3 is 5.32 Å². The first-order chi connectivity index (χ1) is 16.7. The van der Waals surface area contributed by atoms with E-state index in [9.17, 15) is 13.2 Å². The number of piperidine rings is 1. The molecule has 1 N–H and O–H groups in total. The Hall–Kier alpha value is -3.08. The highest BCUT2D eigenvalue weighted by Gasteiger charge is 2.26. The van der Waals surface area contributed by atoms with E-state index in [2.05, 4.69) is 29.5 Å². The maximum absolute atomic E-state index is 13.0. The van der Waals surface area contributed by atoms with Crippen molar-refractivity contribution in [3.63, 3.8) is 0 Å². The van der Waals surface area contributed by atoms with Crippen molar-refractivity contribution in [1.82, 2.24) is 19.1 Å². The lowest BCUT2D eigenvalue weighted by Crippen LogP contribution is -2.35. The van der Waals surface area contributed by atoms with Crippen LogP contribution in [0.3, 0.4) is 0 Å². The van der Waals surface area contributed by atoms with Gasteiger partial charge in [0, 0.05) is 24.7 Å². The summed E-state index contributed by atoms with van der Waals surface area (Å²) in [5.41, 5.74) is 4.29. The summed E-state index contributed by atoms with van der Waals surface area (Å²) in [5.74, 6) is 0.159. The molecule has 8 nitrogen and oxygen atoms in total. The zero-order valence-corrected chi connectivity index (χ0v) is 21.5. The van der Waals surface area contributed by atoms with E-state index in [1.165, 1.54) is 33.3 Å². The minimum atomic E-state index is -3.54. The summed E-state index contributed by atoms with van der Waals surface area (Å²) < 4.78 is 30.0. The van der Waals surface area contributed by atoms with Gasteiger partial charge in [0.2, 0.25) is 15.2 Å². The average Bonchev–Trinajstić information content (AvgIpc) is 3.42. The summed E-state index contributed by atoms with van der Waals surface area (Å²) >= 11 is 1.51. The molecule has 3 heterocycles. The lowest BCUT2D eigenvalue weighted by atomic mass is 10.1. The number of sulfonamides is 1. The molecule has 0 aliphatic carbocycles. The predicted molar refractivity (Wildman–Crippen MR) is 138 cm³/mol. The summed E-state index contributed by atoms with van der Waals surface area (Å²) in [6.07, 6.45) is 2.80. The fourth-order valence-electron chi connectivity index (χ4n) is 4.40. The molecule has 1 aliphatic heterocycles. The van der Waals surface area contributed by atoms with Gasteiger partial charge in [0.05, 0.1) is 20.8 Å². The van der Waals surface area contributed by atoms with Crippen molar-refractivity contribution in [2.75, 3.05) is 18.4 Å². The van der Waals surface area contributed by atoms with Crippen LogP contribution in [0.5, 0.6) is 0 Å². The number of rotatable bonds is 5. The number of benzene rings is 2. The standard InChI is InChI=1S/C25H27N5O3S2/c1-16-13-17(2)23-21(14-16)34-25(27-23)30-22(15-18(3)28-30)26-24(31)19-7-9-20(10-8-19)35(32,33)29-11-5-4-6-12-29/h7-10,13-15H,4-6,11-12H2,1-3H3,(H,26,31). The second-order valence-electron chi connectivity index (χ2n) is 8.95. The number of carbonyl (C=O) groups excluding carboxylic acids is 1. The molecule has 4 aromatic rings. The SMILES string of the molecule is Cc1cc(C)c2nc(-n3nc(C)cc3NC(=O)c3ccc(S(=O)(=O)N4CCCCC4)cc3)sc2c1. The highest BCUT2D eigenvalue weighted by molar-refractivity contribution is 7.89. The van der Waals surface area contributed by atoms with Gasteiger partial charge in [0.25, 0.3) is 5.91 Å². The summed E-state index contributed by atoms with van der Waals surface area (Å²) in [6, 6.07) is 12.1. The number of carbonyl (C=O) groups is 1. The normalized spacial score (nSPS) is 14.9. The minimum Gasteiger partial charge on any atom is -0.306 e. The van der Waals surface area contributed by atoms with Gasteiger partial charge in [-0.05, 0) is 75.1 Å². The summed E-state index contributed by atoms with van der Waals surface area (Å²) in [4.78, 5) is 18.0. The Morgan fingerprint density at radius 2 is 1.71 bits per heavy atom. The molecule has 0 unspecified atom stereocenters. The summed E-state index contributed by atoms with van der Waals surface area (Å²) in [6.45, 7) is 7.02. The van der Waals surface area contributed by atoms with Crippen LogP contribution in [-0.2, 0) is 10.0 Å². The number of thiazole rings is 1. The van der Waals surface area contributed by atoms with Crippen LogP contribution in [0.25, 0.3) is 15.3 Å². The van der Waals surface area contributed by atoms with Crippen LogP contribution in [0.2, 0.25) is 0 Å². The van der Waals surface area contributed by atoms with E-state index < -0.39 is 10.0 Å². The molecule has 0 atom stereocenters. The van der Waals surface area contributed by atoms with Gasteiger partial charge >= 0.3 is 0 Å². The molecule has 2 aromatic carbocycles. The Balaban J connectivity index is 1.39. The Bertz CT molecular complexity index is 1510. The number of aromatic nitrogens is 3. The minimum absolute atomic E-state index is 0.206. The van der Waals surface area contributed by atoms with Gasteiger partial charge in [-0.25, -0.2) is 13.4 Å². The van der Waals surface area contributed by atoms with Gasteiger partial charge in [-0.15, -0.1) is 0 Å². The van der Waals surface area contributed by atoms with Crippen LogP contribution in [0, 0.1) is 20.8 Å². The first kappa shape index (κ1) is 23.7. The van der Waals surface area contributed by atoms with Gasteiger partial charge in [-0.2, -0.15) is 14.1 Å². The third kappa shape index (κ3) is 4.61. The van der Waals surface area contributed by atoms with Gasteiger partial charge in [0.1, 0.15) is 5.82 Å². The van der Waals surface area contributed by atoms with Crippen LogP contribution >= 0.6 is 11.3 Å². The van der Waals surface area contributed by atoms with Crippen molar-refractivity contribution in [3.05, 3.63) is 64.8 Å². The maximum Gasteiger partial charge on any atom is 0.256 e. The van der Waals surface area contributed by atoms with Crippen LogP contribution < -0.4 is 5.32 Å². The first-order valence-electron chi connectivity index (χ1n) is 11.6. The van der Waals surface area contributed by atoms with Crippen molar-refractivity contribution in [1.29, 1.82) is 0 Å². The average molecular weight is 510 g/mol. The molecule has 182 valence electrons. The smallest absolute Gasteiger partial charge is 0.256 e. The predicted octanol–water partition coefficient (Wildman–Crippen LogP) is 4.83. The summed E-state index contributed by atoms with van der Waals surface area (Å²) in [7, 11) is -3.54. The number of fused-ring (bicyclic) bond motifs is 1. The quantitative estimate of drug-likeness (QED) is 0.415. The van der Waals surface area contributed by atoms with Crippen LogP contribution in [0.15, 0.2) is 47.4 Å². The molecule has 0 radical (unpaired) electrons. The fraction of sp³-hybridized carbons (Fsp3) is 0.320. The van der Waals surface area contributed by atoms with E-state index in [0.717, 1.165) is 40.7 Å². The molecule has 5 rings (SSSR count). The second kappa shape index (κ2) is 9.18. The summed E-state index contributed by atoms with van der Waals surface area (Å²) in [5, 5.41) is 8.11. The zero-order valence-electron chi connectivity index (χ0n) is 19.9. The fourth-order valence-corrected chi connectivity index (χ4v) is 7.03.